The highest BCUT2D eigenvalue weighted by molar-refractivity contribution is 7.25. The van der Waals surface area contributed by atoms with E-state index in [9.17, 15) is 0 Å². The Balaban J connectivity index is 1.14. The average Bonchev–Trinajstić information content (AvgIpc) is 3.97. The smallest absolute Gasteiger partial charge is 0.0640 e. The third-order valence-electron chi connectivity index (χ3n) is 13.8. The van der Waals surface area contributed by atoms with Crippen LogP contribution in [0.15, 0.2) is 218 Å². The van der Waals surface area contributed by atoms with Gasteiger partial charge >= 0.3 is 0 Å². The van der Waals surface area contributed by atoms with Crippen molar-refractivity contribution >= 4 is 81.1 Å². The lowest BCUT2D eigenvalue weighted by Gasteiger charge is -2.29. The molecule has 3 heteroatoms. The lowest BCUT2D eigenvalue weighted by Crippen LogP contribution is -2.16. The molecule has 0 unspecified atom stereocenters. The average molecular weight is 835 g/mol. The van der Waals surface area contributed by atoms with Crippen LogP contribution in [0.3, 0.4) is 0 Å². The summed E-state index contributed by atoms with van der Waals surface area (Å²) in [6, 6.07) is 81.1. The number of nitrogens with zero attached hydrogens (tertiary/aromatic N) is 2. The Bertz CT molecular complexity index is 3800. The quantitative estimate of drug-likeness (QED) is 0.162. The summed E-state index contributed by atoms with van der Waals surface area (Å²) in [5.41, 5.74) is 16.9. The lowest BCUT2D eigenvalue weighted by molar-refractivity contribution is 0.660. The Morgan fingerprint density at radius 2 is 1.05 bits per heavy atom. The van der Waals surface area contributed by atoms with Crippen LogP contribution >= 0.6 is 11.3 Å². The third-order valence-corrected chi connectivity index (χ3v) is 14.9. The summed E-state index contributed by atoms with van der Waals surface area (Å²) in [7, 11) is 0. The molecular formula is C61H42N2S. The van der Waals surface area contributed by atoms with Gasteiger partial charge in [0.1, 0.15) is 0 Å². The molecule has 0 saturated carbocycles. The predicted molar refractivity (Wildman–Crippen MR) is 274 cm³/mol. The van der Waals surface area contributed by atoms with Gasteiger partial charge in [-0.2, -0.15) is 0 Å². The fraction of sp³-hybridized carbons (Fsp3) is 0.0492. The molecule has 302 valence electrons. The van der Waals surface area contributed by atoms with Crippen molar-refractivity contribution in [1.82, 2.24) is 4.57 Å². The van der Waals surface area contributed by atoms with E-state index in [4.69, 9.17) is 0 Å². The van der Waals surface area contributed by atoms with Crippen LogP contribution in [0.25, 0.3) is 91.8 Å². The van der Waals surface area contributed by atoms with E-state index >= 15 is 0 Å². The number of fused-ring (bicyclic) bond motifs is 11. The van der Waals surface area contributed by atoms with Gasteiger partial charge < -0.3 is 9.47 Å². The van der Waals surface area contributed by atoms with E-state index in [0.717, 1.165) is 22.7 Å². The van der Waals surface area contributed by atoms with Crippen LogP contribution in [0, 0.1) is 0 Å². The van der Waals surface area contributed by atoms with E-state index in [1.54, 1.807) is 0 Å². The highest BCUT2D eigenvalue weighted by atomic mass is 32.1. The summed E-state index contributed by atoms with van der Waals surface area (Å²) in [6.07, 6.45) is 0. The highest BCUT2D eigenvalue weighted by Gasteiger charge is 2.36. The molecule has 12 aromatic rings. The number of hydrogen-bond acceptors (Lipinski definition) is 2. The van der Waals surface area contributed by atoms with Gasteiger partial charge in [0.25, 0.3) is 0 Å². The van der Waals surface area contributed by atoms with E-state index in [-0.39, 0.29) is 5.41 Å². The van der Waals surface area contributed by atoms with Gasteiger partial charge in [-0.25, -0.2) is 0 Å². The second-order valence-electron chi connectivity index (χ2n) is 17.7. The molecule has 1 aliphatic rings. The van der Waals surface area contributed by atoms with Crippen LogP contribution in [0.1, 0.15) is 25.0 Å². The molecule has 0 radical (unpaired) electrons. The molecule has 64 heavy (non-hydrogen) atoms. The summed E-state index contributed by atoms with van der Waals surface area (Å²) in [5.74, 6) is 0. The zero-order valence-corrected chi connectivity index (χ0v) is 36.4. The van der Waals surface area contributed by atoms with Gasteiger partial charge in [0.2, 0.25) is 0 Å². The first kappa shape index (κ1) is 36.9. The molecule has 0 N–H and O–H groups in total. The fourth-order valence-corrected chi connectivity index (χ4v) is 11.7. The molecule has 2 nitrogen and oxygen atoms in total. The molecule has 13 rings (SSSR count). The molecule has 1 aliphatic carbocycles. The van der Waals surface area contributed by atoms with E-state index in [1.165, 1.54) is 97.3 Å². The van der Waals surface area contributed by atoms with Crippen LogP contribution in [0.4, 0.5) is 17.1 Å². The van der Waals surface area contributed by atoms with Gasteiger partial charge in [0, 0.05) is 58.8 Å². The number of aromatic nitrogens is 1. The van der Waals surface area contributed by atoms with Gasteiger partial charge in [-0.3, -0.25) is 0 Å². The largest absolute Gasteiger partial charge is 0.310 e. The van der Waals surface area contributed by atoms with E-state index in [0.29, 0.717) is 0 Å². The molecule has 0 amide bonds. The zero-order valence-electron chi connectivity index (χ0n) is 35.6. The molecule has 2 aromatic heterocycles. The summed E-state index contributed by atoms with van der Waals surface area (Å²) in [6.45, 7) is 4.75. The first-order chi connectivity index (χ1) is 31.5. The first-order valence-electron chi connectivity index (χ1n) is 22.2. The predicted octanol–water partition coefficient (Wildman–Crippen LogP) is 17.4. The molecule has 0 atom stereocenters. The lowest BCUT2D eigenvalue weighted by atomic mass is 9.82. The summed E-state index contributed by atoms with van der Waals surface area (Å²) in [5, 5.41) is 7.43. The normalized spacial score (nSPS) is 13.0. The van der Waals surface area contributed by atoms with Crippen molar-refractivity contribution in [3.8, 4) is 39.1 Å². The van der Waals surface area contributed by atoms with Crippen molar-refractivity contribution in [1.29, 1.82) is 0 Å². The van der Waals surface area contributed by atoms with E-state index in [1.807, 2.05) is 11.3 Å². The van der Waals surface area contributed by atoms with Gasteiger partial charge in [0.15, 0.2) is 0 Å². The Morgan fingerprint density at radius 1 is 0.422 bits per heavy atom. The van der Waals surface area contributed by atoms with Crippen LogP contribution in [0.2, 0.25) is 0 Å². The fourth-order valence-electron chi connectivity index (χ4n) is 10.7. The van der Waals surface area contributed by atoms with Crippen molar-refractivity contribution in [3.63, 3.8) is 0 Å². The summed E-state index contributed by atoms with van der Waals surface area (Å²) < 4.78 is 5.16. The minimum Gasteiger partial charge on any atom is -0.310 e. The Kier molecular flexibility index (Phi) is 8.16. The monoisotopic (exact) mass is 834 g/mol. The van der Waals surface area contributed by atoms with Crippen molar-refractivity contribution < 1.29 is 0 Å². The molecule has 10 aromatic carbocycles. The molecule has 0 fully saturated rings. The van der Waals surface area contributed by atoms with Gasteiger partial charge in [-0.05, 0) is 111 Å². The van der Waals surface area contributed by atoms with Crippen LogP contribution in [-0.2, 0) is 5.41 Å². The highest BCUT2D eigenvalue weighted by Crippen LogP contribution is 2.53. The first-order valence-corrected chi connectivity index (χ1v) is 23.0. The van der Waals surface area contributed by atoms with E-state index in [2.05, 4.69) is 242 Å². The van der Waals surface area contributed by atoms with Gasteiger partial charge in [0.05, 0.1) is 16.7 Å². The Labute approximate surface area is 376 Å². The summed E-state index contributed by atoms with van der Waals surface area (Å²) >= 11 is 1.87. The minimum absolute atomic E-state index is 0.155. The zero-order chi connectivity index (χ0) is 42.5. The molecule has 2 heterocycles. The van der Waals surface area contributed by atoms with Crippen molar-refractivity contribution in [2.45, 2.75) is 19.3 Å². The third kappa shape index (κ3) is 5.57. The van der Waals surface area contributed by atoms with E-state index < -0.39 is 0 Å². The number of benzene rings is 10. The SMILES string of the molecule is CC1(C)c2ccccc2-c2ccc(N(c3ccc(-c4ccccc4)cc3)c3cc4ccccc4c4c3c3ccc(-c5ccccc5)cc3n4-c3ccc4sc5ccccc5c4c3)cc21. The van der Waals surface area contributed by atoms with Crippen LogP contribution < -0.4 is 4.90 Å². The van der Waals surface area contributed by atoms with Gasteiger partial charge in [-0.15, -0.1) is 11.3 Å². The number of anilines is 3. The molecule has 0 spiro atoms. The maximum Gasteiger partial charge on any atom is 0.0640 e. The second-order valence-corrected chi connectivity index (χ2v) is 18.8. The molecule has 0 saturated heterocycles. The Hall–Kier alpha value is -7.72. The number of hydrogen-bond donors (Lipinski definition) is 0. The molecule has 0 aliphatic heterocycles. The van der Waals surface area contributed by atoms with Crippen molar-refractivity contribution in [2.24, 2.45) is 0 Å². The van der Waals surface area contributed by atoms with Gasteiger partial charge in [-0.1, -0.05) is 172 Å². The number of thiophene rings is 1. The summed E-state index contributed by atoms with van der Waals surface area (Å²) in [4.78, 5) is 2.52. The standard InChI is InChI=1S/C61H42N2S/c1-61(2)53-23-13-11-21-48(53)49-33-30-46(38-54(49)61)62(44-28-25-41(26-29-44)39-15-5-3-6-16-39)56-36-43-19-9-10-20-47(43)60-59(56)51-32-27-42(40-17-7-4-8-18-40)35-55(51)63(60)45-31-34-58-52(37-45)50-22-12-14-24-57(50)64-58/h3-38H,1-2H3. The van der Waals surface area contributed by atoms with Crippen molar-refractivity contribution in [2.75, 3.05) is 4.90 Å². The number of rotatable bonds is 6. The van der Waals surface area contributed by atoms with Crippen LogP contribution in [-0.4, -0.2) is 4.57 Å². The molecular weight excluding hydrogens is 793 g/mol. The topological polar surface area (TPSA) is 8.17 Å². The van der Waals surface area contributed by atoms with Crippen molar-refractivity contribution in [3.05, 3.63) is 230 Å². The maximum absolute atomic E-state index is 2.55. The van der Waals surface area contributed by atoms with Crippen LogP contribution in [0.5, 0.6) is 0 Å². The second kappa shape index (κ2) is 14.2. The Morgan fingerprint density at radius 3 is 1.86 bits per heavy atom. The maximum atomic E-state index is 2.55. The minimum atomic E-state index is -0.155. The molecule has 0 bridgehead atoms.